The number of para-hydroxylation sites is 1. The molecule has 0 bridgehead atoms. The maximum absolute atomic E-state index is 11.3. The number of anilines is 2. The highest BCUT2D eigenvalue weighted by atomic mass is 16.1. The van der Waals surface area contributed by atoms with Gasteiger partial charge in [0.25, 0.3) is 5.91 Å². The SMILES string of the molecule is NC(=O)c1cccc(N2CCNCc3ccccc32)n1. The molecule has 0 spiro atoms. The van der Waals surface area contributed by atoms with E-state index in [1.807, 2.05) is 24.3 Å². The molecule has 1 amide bonds. The van der Waals surface area contributed by atoms with Crippen LogP contribution in [0.4, 0.5) is 11.5 Å². The molecule has 0 atom stereocenters. The Morgan fingerprint density at radius 1 is 1.20 bits per heavy atom. The van der Waals surface area contributed by atoms with Crippen molar-refractivity contribution in [3.8, 4) is 0 Å². The second-order valence-corrected chi connectivity index (χ2v) is 4.70. The fourth-order valence-corrected chi connectivity index (χ4v) is 2.41. The highest BCUT2D eigenvalue weighted by Crippen LogP contribution is 2.28. The summed E-state index contributed by atoms with van der Waals surface area (Å²) in [6, 6.07) is 13.5. The van der Waals surface area contributed by atoms with Crippen molar-refractivity contribution in [2.24, 2.45) is 5.73 Å². The standard InChI is InChI=1S/C15H16N4O/c16-15(20)12-5-3-7-14(18-12)19-9-8-17-10-11-4-1-2-6-13(11)19/h1-7,17H,8-10H2,(H2,16,20). The number of nitrogens with one attached hydrogen (secondary N) is 1. The normalized spacial score (nSPS) is 14.5. The summed E-state index contributed by atoms with van der Waals surface area (Å²) in [6.07, 6.45) is 0. The number of benzene rings is 1. The minimum atomic E-state index is -0.506. The van der Waals surface area contributed by atoms with Gasteiger partial charge in [-0.25, -0.2) is 4.98 Å². The Balaban J connectivity index is 2.05. The summed E-state index contributed by atoms with van der Waals surface area (Å²) < 4.78 is 0. The highest BCUT2D eigenvalue weighted by molar-refractivity contribution is 5.91. The van der Waals surface area contributed by atoms with Crippen LogP contribution in [0.15, 0.2) is 42.5 Å². The lowest BCUT2D eigenvalue weighted by atomic mass is 10.1. The van der Waals surface area contributed by atoms with E-state index in [-0.39, 0.29) is 5.69 Å². The molecule has 3 rings (SSSR count). The zero-order chi connectivity index (χ0) is 13.9. The highest BCUT2D eigenvalue weighted by Gasteiger charge is 2.17. The van der Waals surface area contributed by atoms with Crippen LogP contribution in [0.2, 0.25) is 0 Å². The van der Waals surface area contributed by atoms with Crippen LogP contribution in [0.5, 0.6) is 0 Å². The van der Waals surface area contributed by atoms with Crippen LogP contribution in [0.25, 0.3) is 0 Å². The number of nitrogens with zero attached hydrogens (tertiary/aromatic N) is 2. The molecule has 102 valence electrons. The predicted octanol–water partition coefficient (Wildman–Crippen LogP) is 1.42. The minimum absolute atomic E-state index is 0.289. The van der Waals surface area contributed by atoms with E-state index in [0.29, 0.717) is 0 Å². The third-order valence-corrected chi connectivity index (χ3v) is 3.37. The average Bonchev–Trinajstić information content (AvgIpc) is 2.69. The second kappa shape index (κ2) is 5.30. The molecule has 0 saturated carbocycles. The molecule has 5 heteroatoms. The number of nitrogens with two attached hydrogens (primary N) is 1. The number of aromatic nitrogens is 1. The van der Waals surface area contributed by atoms with Gasteiger partial charge in [-0.3, -0.25) is 4.79 Å². The van der Waals surface area contributed by atoms with Crippen LogP contribution in [0.1, 0.15) is 16.1 Å². The number of carbonyl (C=O) groups excluding carboxylic acids is 1. The number of hydrogen-bond donors (Lipinski definition) is 2. The minimum Gasteiger partial charge on any atom is -0.364 e. The molecule has 0 saturated heterocycles. The van der Waals surface area contributed by atoms with Gasteiger partial charge in [0, 0.05) is 25.3 Å². The molecular weight excluding hydrogens is 252 g/mol. The van der Waals surface area contributed by atoms with Crippen LogP contribution < -0.4 is 16.0 Å². The summed E-state index contributed by atoms with van der Waals surface area (Å²) in [6.45, 7) is 2.49. The number of carbonyl (C=O) groups is 1. The summed E-state index contributed by atoms with van der Waals surface area (Å²) in [4.78, 5) is 17.8. The van der Waals surface area contributed by atoms with Gasteiger partial charge in [-0.2, -0.15) is 0 Å². The van der Waals surface area contributed by atoms with E-state index in [1.54, 1.807) is 6.07 Å². The van der Waals surface area contributed by atoms with E-state index in [9.17, 15) is 4.79 Å². The molecule has 0 radical (unpaired) electrons. The Bertz CT molecular complexity index is 641. The van der Waals surface area contributed by atoms with E-state index < -0.39 is 5.91 Å². The topological polar surface area (TPSA) is 71.2 Å². The molecule has 2 aromatic rings. The Kier molecular flexibility index (Phi) is 3.35. The zero-order valence-electron chi connectivity index (χ0n) is 11.0. The third kappa shape index (κ3) is 2.35. The van der Waals surface area contributed by atoms with Gasteiger partial charge in [-0.1, -0.05) is 24.3 Å². The Labute approximate surface area is 117 Å². The first kappa shape index (κ1) is 12.6. The fraction of sp³-hybridized carbons (Fsp3) is 0.200. The van der Waals surface area contributed by atoms with Crippen LogP contribution in [-0.2, 0) is 6.54 Å². The van der Waals surface area contributed by atoms with Gasteiger partial charge >= 0.3 is 0 Å². The fourth-order valence-electron chi connectivity index (χ4n) is 2.41. The molecular formula is C15H16N4O. The van der Waals surface area contributed by atoms with Crippen molar-refractivity contribution in [3.63, 3.8) is 0 Å². The van der Waals surface area contributed by atoms with Crippen molar-refractivity contribution in [1.29, 1.82) is 0 Å². The lowest BCUT2D eigenvalue weighted by molar-refractivity contribution is 0.0995. The van der Waals surface area contributed by atoms with Gasteiger partial charge < -0.3 is 16.0 Å². The first-order chi connectivity index (χ1) is 9.75. The molecule has 1 aromatic carbocycles. The van der Waals surface area contributed by atoms with Crippen molar-refractivity contribution in [3.05, 3.63) is 53.7 Å². The smallest absolute Gasteiger partial charge is 0.267 e. The van der Waals surface area contributed by atoms with Crippen molar-refractivity contribution < 1.29 is 4.79 Å². The number of primary amides is 1. The van der Waals surface area contributed by atoms with Gasteiger partial charge in [-0.05, 0) is 23.8 Å². The summed E-state index contributed by atoms with van der Waals surface area (Å²) >= 11 is 0. The van der Waals surface area contributed by atoms with Crippen molar-refractivity contribution >= 4 is 17.4 Å². The van der Waals surface area contributed by atoms with Gasteiger partial charge in [0.15, 0.2) is 0 Å². The van der Waals surface area contributed by atoms with E-state index in [0.717, 1.165) is 31.1 Å². The lowest BCUT2D eigenvalue weighted by Crippen LogP contribution is -2.26. The third-order valence-electron chi connectivity index (χ3n) is 3.37. The molecule has 1 aromatic heterocycles. The number of pyridine rings is 1. The molecule has 5 nitrogen and oxygen atoms in total. The zero-order valence-corrected chi connectivity index (χ0v) is 11.0. The summed E-state index contributed by atoms with van der Waals surface area (Å²) in [5.41, 5.74) is 7.93. The van der Waals surface area contributed by atoms with E-state index in [2.05, 4.69) is 27.3 Å². The van der Waals surface area contributed by atoms with Crippen molar-refractivity contribution in [2.45, 2.75) is 6.54 Å². The second-order valence-electron chi connectivity index (χ2n) is 4.70. The van der Waals surface area contributed by atoms with Gasteiger partial charge in [0.05, 0.1) is 0 Å². The molecule has 0 aliphatic carbocycles. The first-order valence-corrected chi connectivity index (χ1v) is 6.59. The summed E-state index contributed by atoms with van der Waals surface area (Å²) in [5.74, 6) is 0.241. The maximum Gasteiger partial charge on any atom is 0.267 e. The number of hydrogen-bond acceptors (Lipinski definition) is 4. The van der Waals surface area contributed by atoms with Crippen molar-refractivity contribution in [1.82, 2.24) is 10.3 Å². The summed E-state index contributed by atoms with van der Waals surface area (Å²) in [7, 11) is 0. The van der Waals surface area contributed by atoms with Crippen LogP contribution in [0, 0.1) is 0 Å². The van der Waals surface area contributed by atoms with Crippen LogP contribution in [-0.4, -0.2) is 24.0 Å². The van der Waals surface area contributed by atoms with E-state index >= 15 is 0 Å². The molecule has 1 aliphatic rings. The van der Waals surface area contributed by atoms with E-state index in [1.165, 1.54) is 5.56 Å². The van der Waals surface area contributed by atoms with Gasteiger partial charge in [0.2, 0.25) is 0 Å². The Morgan fingerprint density at radius 3 is 2.90 bits per heavy atom. The molecule has 20 heavy (non-hydrogen) atoms. The van der Waals surface area contributed by atoms with Gasteiger partial charge in [0.1, 0.15) is 11.5 Å². The average molecular weight is 268 g/mol. The van der Waals surface area contributed by atoms with Gasteiger partial charge in [-0.15, -0.1) is 0 Å². The van der Waals surface area contributed by atoms with E-state index in [4.69, 9.17) is 5.73 Å². The molecule has 0 fully saturated rings. The number of amides is 1. The maximum atomic E-state index is 11.3. The monoisotopic (exact) mass is 268 g/mol. The van der Waals surface area contributed by atoms with Crippen molar-refractivity contribution in [2.75, 3.05) is 18.0 Å². The summed E-state index contributed by atoms with van der Waals surface area (Å²) in [5, 5.41) is 3.38. The van der Waals surface area contributed by atoms with Crippen LogP contribution >= 0.6 is 0 Å². The quantitative estimate of drug-likeness (QED) is 0.864. The molecule has 3 N–H and O–H groups in total. The number of rotatable bonds is 2. The predicted molar refractivity (Wildman–Crippen MR) is 77.9 cm³/mol. The molecule has 0 unspecified atom stereocenters. The Hall–Kier alpha value is -2.40. The van der Waals surface area contributed by atoms with Crippen LogP contribution in [0.3, 0.4) is 0 Å². The lowest BCUT2D eigenvalue weighted by Gasteiger charge is -2.23. The Morgan fingerprint density at radius 2 is 2.05 bits per heavy atom. The number of fused-ring (bicyclic) bond motifs is 1. The molecule has 1 aliphatic heterocycles. The molecule has 2 heterocycles. The largest absolute Gasteiger partial charge is 0.364 e. The first-order valence-electron chi connectivity index (χ1n) is 6.59.